The van der Waals surface area contributed by atoms with Gasteiger partial charge in [0.15, 0.2) is 0 Å². The first-order chi connectivity index (χ1) is 13.6. The number of rotatable bonds is 5. The zero-order valence-corrected chi connectivity index (χ0v) is 16.3. The van der Waals surface area contributed by atoms with E-state index in [0.717, 1.165) is 28.3 Å². The molecule has 0 unspecified atom stereocenters. The minimum Gasteiger partial charge on any atom is -0.461 e. The first-order valence-electron chi connectivity index (χ1n) is 8.97. The highest BCUT2D eigenvalue weighted by Gasteiger charge is 2.24. The Morgan fingerprint density at radius 3 is 2.79 bits per heavy atom. The van der Waals surface area contributed by atoms with Crippen LogP contribution in [0.15, 0.2) is 52.3 Å². The van der Waals surface area contributed by atoms with Crippen LogP contribution in [0, 0.1) is 0 Å². The third-order valence-corrected chi connectivity index (χ3v) is 5.53. The summed E-state index contributed by atoms with van der Waals surface area (Å²) in [6.07, 6.45) is 0.694. The lowest BCUT2D eigenvalue weighted by Gasteiger charge is -2.25. The van der Waals surface area contributed by atoms with Crippen molar-refractivity contribution in [2.45, 2.75) is 13.0 Å². The van der Waals surface area contributed by atoms with E-state index in [0.29, 0.717) is 24.4 Å². The lowest BCUT2D eigenvalue weighted by molar-refractivity contribution is -0.136. The fourth-order valence-corrected chi connectivity index (χ4v) is 3.84. The molecule has 0 saturated heterocycles. The number of anilines is 1. The quantitative estimate of drug-likeness (QED) is 0.712. The summed E-state index contributed by atoms with van der Waals surface area (Å²) in [5, 5.41) is 4.76. The second-order valence-electron chi connectivity index (χ2n) is 6.57. The van der Waals surface area contributed by atoms with Crippen LogP contribution in [0.4, 0.5) is 5.69 Å². The zero-order valence-electron chi connectivity index (χ0n) is 15.4. The van der Waals surface area contributed by atoms with Gasteiger partial charge in [0.2, 0.25) is 5.91 Å². The van der Waals surface area contributed by atoms with Crippen molar-refractivity contribution in [3.8, 4) is 11.3 Å². The summed E-state index contributed by atoms with van der Waals surface area (Å²) in [5.41, 5.74) is 2.69. The summed E-state index contributed by atoms with van der Waals surface area (Å²) < 4.78 is 10.9. The molecule has 3 heterocycles. The summed E-state index contributed by atoms with van der Waals surface area (Å²) in [6.45, 7) is 1.27. The lowest BCUT2D eigenvalue weighted by Crippen LogP contribution is -2.37. The van der Waals surface area contributed by atoms with Crippen LogP contribution in [-0.2, 0) is 22.5 Å². The Labute approximate surface area is 166 Å². The van der Waals surface area contributed by atoms with Gasteiger partial charge in [-0.3, -0.25) is 9.59 Å². The Morgan fingerprint density at radius 2 is 2.07 bits per heavy atom. The number of hydrogen-bond donors (Lipinski definition) is 1. The number of ether oxygens (including phenoxy) is 1. The van der Waals surface area contributed by atoms with E-state index in [1.54, 1.807) is 11.0 Å². The van der Waals surface area contributed by atoms with Crippen LogP contribution in [0.3, 0.4) is 0 Å². The summed E-state index contributed by atoms with van der Waals surface area (Å²) in [7, 11) is 1.52. The van der Waals surface area contributed by atoms with Gasteiger partial charge >= 0.3 is 0 Å². The Balaban J connectivity index is 1.46. The number of methoxy groups -OCH3 is 1. The van der Waals surface area contributed by atoms with E-state index < -0.39 is 0 Å². The number of benzene rings is 1. The smallest absolute Gasteiger partial charge is 0.265 e. The maximum atomic E-state index is 12.1. The van der Waals surface area contributed by atoms with Crippen molar-refractivity contribution >= 4 is 28.8 Å². The molecule has 1 aliphatic rings. The first kappa shape index (κ1) is 18.5. The lowest BCUT2D eigenvalue weighted by atomic mass is 10.1. The van der Waals surface area contributed by atoms with Gasteiger partial charge in [-0.1, -0.05) is 6.07 Å². The molecule has 0 fully saturated rings. The molecule has 6 nitrogen and oxygen atoms in total. The van der Waals surface area contributed by atoms with Gasteiger partial charge in [0.05, 0.1) is 4.88 Å². The third kappa shape index (κ3) is 3.85. The second kappa shape index (κ2) is 8.00. The van der Waals surface area contributed by atoms with Gasteiger partial charge in [-0.25, -0.2) is 0 Å². The predicted octanol–water partition coefficient (Wildman–Crippen LogP) is 3.79. The van der Waals surface area contributed by atoms with E-state index in [1.165, 1.54) is 18.4 Å². The summed E-state index contributed by atoms with van der Waals surface area (Å²) in [5.74, 6) is 1.56. The van der Waals surface area contributed by atoms with Crippen molar-refractivity contribution in [1.29, 1.82) is 0 Å². The van der Waals surface area contributed by atoms with Crippen LogP contribution in [0.2, 0.25) is 0 Å². The number of hydrogen-bond acceptors (Lipinski definition) is 5. The molecule has 1 aromatic carbocycles. The maximum absolute atomic E-state index is 12.1. The maximum Gasteiger partial charge on any atom is 0.265 e. The van der Waals surface area contributed by atoms with E-state index in [1.807, 2.05) is 41.8 Å². The van der Waals surface area contributed by atoms with E-state index in [4.69, 9.17) is 9.15 Å². The highest BCUT2D eigenvalue weighted by Crippen LogP contribution is 2.30. The standard InChI is InChI=1S/C21H20N2O4S/c1-26-13-20(24)23-9-8-17-15(12-23)11-18(27-17)14-4-6-16(7-5-14)22-21(25)19-3-2-10-28-19/h2-7,10-11H,8-9,12-13H2,1H3,(H,22,25). The Morgan fingerprint density at radius 1 is 1.25 bits per heavy atom. The average Bonchev–Trinajstić information content (AvgIpc) is 3.38. The van der Waals surface area contributed by atoms with Crippen LogP contribution in [-0.4, -0.2) is 37.0 Å². The number of carbonyl (C=O) groups is 2. The molecule has 3 aromatic rings. The van der Waals surface area contributed by atoms with Gasteiger partial charge in [-0.15, -0.1) is 11.3 Å². The van der Waals surface area contributed by atoms with Crippen LogP contribution in [0.5, 0.6) is 0 Å². The number of carbonyl (C=O) groups excluding carboxylic acids is 2. The summed E-state index contributed by atoms with van der Waals surface area (Å²) in [4.78, 5) is 26.6. The molecule has 28 heavy (non-hydrogen) atoms. The van der Waals surface area contributed by atoms with Crippen molar-refractivity contribution in [3.05, 3.63) is 64.0 Å². The van der Waals surface area contributed by atoms with Crippen molar-refractivity contribution in [1.82, 2.24) is 4.90 Å². The zero-order chi connectivity index (χ0) is 19.5. The topological polar surface area (TPSA) is 71.8 Å². The number of furan rings is 1. The van der Waals surface area contributed by atoms with Crippen molar-refractivity contribution < 1.29 is 18.7 Å². The molecule has 0 spiro atoms. The van der Waals surface area contributed by atoms with Gasteiger partial charge in [-0.2, -0.15) is 0 Å². The molecule has 0 aliphatic carbocycles. The SMILES string of the molecule is COCC(=O)N1CCc2oc(-c3ccc(NC(=O)c4cccs4)cc3)cc2C1. The Kier molecular flexibility index (Phi) is 5.27. The molecule has 4 rings (SSSR count). The van der Waals surface area contributed by atoms with E-state index in [-0.39, 0.29) is 18.4 Å². The fourth-order valence-electron chi connectivity index (χ4n) is 3.22. The number of amides is 2. The van der Waals surface area contributed by atoms with Gasteiger partial charge in [0.1, 0.15) is 18.1 Å². The molecule has 2 amide bonds. The van der Waals surface area contributed by atoms with E-state index >= 15 is 0 Å². The third-order valence-electron chi connectivity index (χ3n) is 4.66. The fraction of sp³-hybridized carbons (Fsp3) is 0.238. The van der Waals surface area contributed by atoms with Gasteiger partial charge < -0.3 is 19.4 Å². The molecular formula is C21H20N2O4S. The molecule has 7 heteroatoms. The van der Waals surface area contributed by atoms with Crippen LogP contribution < -0.4 is 5.32 Å². The highest BCUT2D eigenvalue weighted by molar-refractivity contribution is 7.12. The number of nitrogens with zero attached hydrogens (tertiary/aromatic N) is 1. The normalized spacial score (nSPS) is 13.2. The number of fused-ring (bicyclic) bond motifs is 1. The monoisotopic (exact) mass is 396 g/mol. The first-order valence-corrected chi connectivity index (χ1v) is 9.85. The molecule has 0 saturated carbocycles. The molecule has 144 valence electrons. The summed E-state index contributed by atoms with van der Waals surface area (Å²) >= 11 is 1.41. The van der Waals surface area contributed by atoms with Crippen molar-refractivity contribution in [2.24, 2.45) is 0 Å². The molecule has 0 radical (unpaired) electrons. The molecular weight excluding hydrogens is 376 g/mol. The van der Waals surface area contributed by atoms with Gasteiger partial charge in [-0.05, 0) is 41.8 Å². The van der Waals surface area contributed by atoms with Gasteiger partial charge in [0.25, 0.3) is 5.91 Å². The molecule has 0 bridgehead atoms. The largest absolute Gasteiger partial charge is 0.461 e. The predicted molar refractivity (Wildman–Crippen MR) is 107 cm³/mol. The minimum absolute atomic E-state index is 0.0123. The average molecular weight is 396 g/mol. The van der Waals surface area contributed by atoms with Crippen molar-refractivity contribution in [3.63, 3.8) is 0 Å². The van der Waals surface area contributed by atoms with Crippen molar-refractivity contribution in [2.75, 3.05) is 25.6 Å². The van der Waals surface area contributed by atoms with E-state index in [9.17, 15) is 9.59 Å². The molecule has 0 atom stereocenters. The molecule has 2 aromatic heterocycles. The van der Waals surface area contributed by atoms with Crippen LogP contribution in [0.25, 0.3) is 11.3 Å². The van der Waals surface area contributed by atoms with Crippen LogP contribution in [0.1, 0.15) is 21.0 Å². The summed E-state index contributed by atoms with van der Waals surface area (Å²) in [6, 6.07) is 13.2. The second-order valence-corrected chi connectivity index (χ2v) is 7.51. The highest BCUT2D eigenvalue weighted by atomic mass is 32.1. The van der Waals surface area contributed by atoms with E-state index in [2.05, 4.69) is 5.32 Å². The minimum atomic E-state index is -0.114. The Hall–Kier alpha value is -2.90. The Bertz CT molecular complexity index is 977. The molecule has 1 N–H and O–H groups in total. The number of nitrogens with one attached hydrogen (secondary N) is 1. The van der Waals surface area contributed by atoms with Crippen LogP contribution >= 0.6 is 11.3 Å². The van der Waals surface area contributed by atoms with Gasteiger partial charge in [0, 0.05) is 43.4 Å². The molecule has 1 aliphatic heterocycles. The number of thiophene rings is 1.